The van der Waals surface area contributed by atoms with Crippen LogP contribution in [0.2, 0.25) is 0 Å². The molecule has 0 heterocycles. The number of hydrogen-bond donors (Lipinski definition) is 2. The average Bonchev–Trinajstić information content (AvgIpc) is 2.43. The van der Waals surface area contributed by atoms with E-state index in [2.05, 4.69) is 62.4 Å². The highest BCUT2D eigenvalue weighted by molar-refractivity contribution is 5.19. The van der Waals surface area contributed by atoms with Gasteiger partial charge in [-0.1, -0.05) is 44.2 Å². The van der Waals surface area contributed by atoms with Crippen LogP contribution in [0.4, 0.5) is 0 Å². The quantitative estimate of drug-likeness (QED) is 0.756. The van der Waals surface area contributed by atoms with Crippen LogP contribution in [-0.4, -0.2) is 43.8 Å². The minimum Gasteiger partial charge on any atom is -0.396 e. The van der Waals surface area contributed by atoms with Gasteiger partial charge in [-0.05, 0) is 26.1 Å². The van der Waals surface area contributed by atoms with Crippen LogP contribution in [0.1, 0.15) is 31.9 Å². The Hall–Kier alpha value is -0.900. The van der Waals surface area contributed by atoms with E-state index in [0.29, 0.717) is 6.04 Å². The van der Waals surface area contributed by atoms with Crippen LogP contribution in [0.3, 0.4) is 0 Å². The van der Waals surface area contributed by atoms with Crippen LogP contribution in [0.25, 0.3) is 0 Å². The van der Waals surface area contributed by atoms with E-state index in [4.69, 9.17) is 0 Å². The SMILES string of the molecule is CCC(C)(CO)CNC(CN(C)C)c1ccccc1. The van der Waals surface area contributed by atoms with Gasteiger partial charge in [-0.2, -0.15) is 0 Å². The Bertz CT molecular complexity index is 347. The second kappa shape index (κ2) is 7.63. The first-order valence-corrected chi connectivity index (χ1v) is 7.04. The van der Waals surface area contributed by atoms with Gasteiger partial charge in [-0.25, -0.2) is 0 Å². The standard InChI is InChI=1S/C16H28N2O/c1-5-16(2,13-19)12-17-15(11-18(3)4)14-9-7-6-8-10-14/h6-10,15,17,19H,5,11-13H2,1-4H3. The first-order chi connectivity index (χ1) is 9.00. The summed E-state index contributed by atoms with van der Waals surface area (Å²) in [4.78, 5) is 2.19. The fourth-order valence-corrected chi connectivity index (χ4v) is 2.00. The highest BCUT2D eigenvalue weighted by Gasteiger charge is 2.23. The minimum absolute atomic E-state index is 0.0423. The van der Waals surface area contributed by atoms with Crippen molar-refractivity contribution >= 4 is 0 Å². The summed E-state index contributed by atoms with van der Waals surface area (Å²) in [5.41, 5.74) is 1.26. The van der Waals surface area contributed by atoms with Crippen molar-refractivity contribution in [2.75, 3.05) is 33.8 Å². The summed E-state index contributed by atoms with van der Waals surface area (Å²) in [6, 6.07) is 10.8. The molecule has 3 nitrogen and oxygen atoms in total. The van der Waals surface area contributed by atoms with Gasteiger partial charge in [0.15, 0.2) is 0 Å². The molecule has 1 aromatic rings. The molecule has 0 aromatic heterocycles. The van der Waals surface area contributed by atoms with Crippen molar-refractivity contribution in [3.05, 3.63) is 35.9 Å². The van der Waals surface area contributed by atoms with E-state index in [9.17, 15) is 5.11 Å². The zero-order valence-electron chi connectivity index (χ0n) is 12.7. The lowest BCUT2D eigenvalue weighted by molar-refractivity contribution is 0.129. The lowest BCUT2D eigenvalue weighted by Gasteiger charge is -2.30. The smallest absolute Gasteiger partial charge is 0.0496 e. The Morgan fingerprint density at radius 3 is 2.37 bits per heavy atom. The van der Waals surface area contributed by atoms with E-state index in [1.54, 1.807) is 0 Å². The van der Waals surface area contributed by atoms with E-state index in [-0.39, 0.29) is 12.0 Å². The average molecular weight is 264 g/mol. The number of hydrogen-bond acceptors (Lipinski definition) is 3. The Morgan fingerprint density at radius 2 is 1.89 bits per heavy atom. The van der Waals surface area contributed by atoms with Crippen molar-refractivity contribution in [2.45, 2.75) is 26.3 Å². The number of rotatable bonds is 8. The van der Waals surface area contributed by atoms with Crippen LogP contribution < -0.4 is 5.32 Å². The van der Waals surface area contributed by atoms with Crippen molar-refractivity contribution in [1.82, 2.24) is 10.2 Å². The van der Waals surface area contributed by atoms with Crippen molar-refractivity contribution in [3.63, 3.8) is 0 Å². The predicted octanol–water partition coefficient (Wildman–Crippen LogP) is 2.29. The third-order valence-corrected chi connectivity index (χ3v) is 3.76. The van der Waals surface area contributed by atoms with E-state index < -0.39 is 0 Å². The molecule has 108 valence electrons. The summed E-state index contributed by atoms with van der Waals surface area (Å²) in [7, 11) is 4.17. The second-order valence-electron chi connectivity index (χ2n) is 5.93. The number of aliphatic hydroxyl groups excluding tert-OH is 1. The first kappa shape index (κ1) is 16.2. The van der Waals surface area contributed by atoms with Crippen LogP contribution in [0.15, 0.2) is 30.3 Å². The summed E-state index contributed by atoms with van der Waals surface area (Å²) in [6.07, 6.45) is 0.972. The van der Waals surface area contributed by atoms with Gasteiger partial charge in [0, 0.05) is 31.2 Å². The van der Waals surface area contributed by atoms with Crippen LogP contribution >= 0.6 is 0 Å². The predicted molar refractivity (Wildman–Crippen MR) is 81.2 cm³/mol. The van der Waals surface area contributed by atoms with Gasteiger partial charge in [0.1, 0.15) is 0 Å². The van der Waals surface area contributed by atoms with Gasteiger partial charge < -0.3 is 15.3 Å². The van der Waals surface area contributed by atoms with E-state index in [1.165, 1.54) is 5.56 Å². The monoisotopic (exact) mass is 264 g/mol. The molecule has 2 N–H and O–H groups in total. The Morgan fingerprint density at radius 1 is 1.26 bits per heavy atom. The van der Waals surface area contributed by atoms with Crippen molar-refractivity contribution in [1.29, 1.82) is 0 Å². The van der Waals surface area contributed by atoms with Gasteiger partial charge in [-0.15, -0.1) is 0 Å². The maximum Gasteiger partial charge on any atom is 0.0496 e. The summed E-state index contributed by atoms with van der Waals surface area (Å²) < 4.78 is 0. The molecule has 1 rings (SSSR count). The molecule has 0 aliphatic heterocycles. The Balaban J connectivity index is 2.71. The van der Waals surface area contributed by atoms with Crippen LogP contribution in [0.5, 0.6) is 0 Å². The minimum atomic E-state index is -0.0423. The van der Waals surface area contributed by atoms with E-state index in [1.807, 2.05) is 6.07 Å². The number of nitrogens with zero attached hydrogens (tertiary/aromatic N) is 1. The first-order valence-electron chi connectivity index (χ1n) is 7.04. The van der Waals surface area contributed by atoms with Crippen molar-refractivity contribution in [3.8, 4) is 0 Å². The molecule has 0 saturated carbocycles. The summed E-state index contributed by atoms with van der Waals surface area (Å²) >= 11 is 0. The normalized spacial score (nSPS) is 16.3. The molecule has 1 aromatic carbocycles. The summed E-state index contributed by atoms with van der Waals surface area (Å²) in [5, 5.41) is 13.1. The topological polar surface area (TPSA) is 35.5 Å². The molecule has 0 fully saturated rings. The maximum absolute atomic E-state index is 9.50. The third kappa shape index (κ3) is 5.31. The molecule has 2 unspecified atom stereocenters. The second-order valence-corrected chi connectivity index (χ2v) is 5.93. The zero-order chi connectivity index (χ0) is 14.3. The number of benzene rings is 1. The van der Waals surface area contributed by atoms with Crippen LogP contribution in [-0.2, 0) is 0 Å². The molecular formula is C16H28N2O. The Labute approximate surface area is 117 Å². The molecule has 0 bridgehead atoms. The molecule has 3 heteroatoms. The highest BCUT2D eigenvalue weighted by atomic mass is 16.3. The number of likely N-dealkylation sites (N-methyl/N-ethyl adjacent to an activating group) is 1. The molecule has 19 heavy (non-hydrogen) atoms. The van der Waals surface area contributed by atoms with Crippen LogP contribution in [0, 0.1) is 5.41 Å². The van der Waals surface area contributed by atoms with Gasteiger partial charge in [-0.3, -0.25) is 0 Å². The van der Waals surface area contributed by atoms with E-state index in [0.717, 1.165) is 19.5 Å². The van der Waals surface area contributed by atoms with E-state index >= 15 is 0 Å². The molecule has 0 amide bonds. The maximum atomic E-state index is 9.50. The molecule has 0 spiro atoms. The molecule has 0 radical (unpaired) electrons. The third-order valence-electron chi connectivity index (χ3n) is 3.76. The Kier molecular flexibility index (Phi) is 6.49. The lowest BCUT2D eigenvalue weighted by atomic mass is 9.88. The van der Waals surface area contributed by atoms with Crippen molar-refractivity contribution < 1.29 is 5.11 Å². The van der Waals surface area contributed by atoms with Gasteiger partial charge >= 0.3 is 0 Å². The summed E-state index contributed by atoms with van der Waals surface area (Å²) in [6.45, 7) is 6.25. The zero-order valence-corrected chi connectivity index (χ0v) is 12.7. The molecule has 0 aliphatic carbocycles. The van der Waals surface area contributed by atoms with Gasteiger partial charge in [0.05, 0.1) is 0 Å². The lowest BCUT2D eigenvalue weighted by Crippen LogP contribution is -2.39. The molecule has 0 saturated heterocycles. The molecule has 2 atom stereocenters. The number of nitrogens with one attached hydrogen (secondary N) is 1. The number of aliphatic hydroxyl groups is 1. The largest absolute Gasteiger partial charge is 0.396 e. The fraction of sp³-hybridized carbons (Fsp3) is 0.625. The summed E-state index contributed by atoms with van der Waals surface area (Å²) in [5.74, 6) is 0. The van der Waals surface area contributed by atoms with Crippen molar-refractivity contribution in [2.24, 2.45) is 5.41 Å². The van der Waals surface area contributed by atoms with Gasteiger partial charge in [0.2, 0.25) is 0 Å². The molecule has 0 aliphatic rings. The van der Waals surface area contributed by atoms with Gasteiger partial charge in [0.25, 0.3) is 0 Å². The fourth-order valence-electron chi connectivity index (χ4n) is 2.00. The molecular weight excluding hydrogens is 236 g/mol. The highest BCUT2D eigenvalue weighted by Crippen LogP contribution is 2.21.